The lowest BCUT2D eigenvalue weighted by molar-refractivity contribution is -0.118. The van der Waals surface area contributed by atoms with Crippen molar-refractivity contribution in [3.8, 4) is 0 Å². The molecule has 1 unspecified atom stereocenters. The fraction of sp³-hybridized carbons (Fsp3) is 0.316. The predicted octanol–water partition coefficient (Wildman–Crippen LogP) is 3.97. The van der Waals surface area contributed by atoms with E-state index in [0.29, 0.717) is 5.69 Å². The van der Waals surface area contributed by atoms with Gasteiger partial charge in [0.2, 0.25) is 15.9 Å². The van der Waals surface area contributed by atoms with Crippen molar-refractivity contribution in [2.75, 3.05) is 15.8 Å². The average molecular weight is 378 g/mol. The van der Waals surface area contributed by atoms with Crippen molar-refractivity contribution in [2.24, 2.45) is 5.92 Å². The number of hydrogen-bond donors (Lipinski definition) is 2. The second-order valence-electron chi connectivity index (χ2n) is 6.53. The van der Waals surface area contributed by atoms with Gasteiger partial charge >= 0.3 is 0 Å². The van der Waals surface area contributed by atoms with Gasteiger partial charge in [0, 0.05) is 5.69 Å². The van der Waals surface area contributed by atoms with Gasteiger partial charge in [0.05, 0.1) is 17.4 Å². The Morgan fingerprint density at radius 1 is 1.08 bits per heavy atom. The minimum atomic E-state index is -3.79. The first kappa shape index (κ1) is 19.9. The summed E-state index contributed by atoms with van der Waals surface area (Å²) in [5.41, 5.74) is 1.78. The molecular weight excluding hydrogens is 355 g/mol. The summed E-state index contributed by atoms with van der Waals surface area (Å²) in [5, 5.41) is 2.80. The van der Waals surface area contributed by atoms with E-state index < -0.39 is 27.5 Å². The molecule has 140 valence electrons. The molecule has 0 bridgehead atoms. The Hall–Kier alpha value is -2.41. The number of carbonyl (C=O) groups excluding carboxylic acids is 1. The van der Waals surface area contributed by atoms with E-state index in [4.69, 9.17) is 0 Å². The van der Waals surface area contributed by atoms with E-state index in [9.17, 15) is 17.6 Å². The maximum Gasteiger partial charge on any atom is 0.233 e. The molecule has 0 aliphatic rings. The third-order valence-electron chi connectivity index (χ3n) is 3.86. The van der Waals surface area contributed by atoms with Gasteiger partial charge in [0.25, 0.3) is 0 Å². The molecule has 5 nitrogen and oxygen atoms in total. The van der Waals surface area contributed by atoms with Gasteiger partial charge in [-0.15, -0.1) is 0 Å². The molecule has 2 rings (SSSR count). The van der Waals surface area contributed by atoms with Gasteiger partial charge in [-0.3, -0.25) is 9.52 Å². The highest BCUT2D eigenvalue weighted by Crippen LogP contribution is 2.24. The topological polar surface area (TPSA) is 75.3 Å². The molecule has 7 heteroatoms. The first-order valence-electron chi connectivity index (χ1n) is 8.34. The quantitative estimate of drug-likeness (QED) is 0.766. The maximum absolute atomic E-state index is 13.2. The molecule has 0 heterocycles. The zero-order valence-corrected chi connectivity index (χ0v) is 15.8. The van der Waals surface area contributed by atoms with E-state index in [-0.39, 0.29) is 17.5 Å². The Bertz CT molecular complexity index is 882. The van der Waals surface area contributed by atoms with Crippen LogP contribution in [-0.4, -0.2) is 20.1 Å². The monoisotopic (exact) mass is 378 g/mol. The number of hydrogen-bond acceptors (Lipinski definition) is 3. The normalized spacial score (nSPS) is 12.7. The summed E-state index contributed by atoms with van der Waals surface area (Å²) in [5.74, 6) is -1.88. The lowest BCUT2D eigenvalue weighted by atomic mass is 10.0. The van der Waals surface area contributed by atoms with Crippen molar-refractivity contribution in [2.45, 2.75) is 26.7 Å². The van der Waals surface area contributed by atoms with Gasteiger partial charge in [0.15, 0.2) is 0 Å². The van der Waals surface area contributed by atoms with Crippen molar-refractivity contribution in [3.05, 3.63) is 59.9 Å². The zero-order valence-electron chi connectivity index (χ0n) is 15.0. The molecule has 0 aliphatic heterocycles. The fourth-order valence-corrected chi connectivity index (χ4v) is 3.93. The van der Waals surface area contributed by atoms with Gasteiger partial charge in [-0.2, -0.15) is 0 Å². The first-order chi connectivity index (χ1) is 12.2. The maximum atomic E-state index is 13.2. The van der Waals surface area contributed by atoms with Crippen LogP contribution in [0.1, 0.15) is 32.3 Å². The SMILES string of the molecule is CC(CS(=O)(=O)Nc1cccc(F)c1)C(=O)Nc1ccccc1C(C)C. The molecular formula is C19H23FN2O3S. The van der Waals surface area contributed by atoms with E-state index in [1.54, 1.807) is 6.07 Å². The molecule has 2 N–H and O–H groups in total. The number of rotatable bonds is 7. The summed E-state index contributed by atoms with van der Waals surface area (Å²) in [4.78, 5) is 12.4. The smallest absolute Gasteiger partial charge is 0.233 e. The number of anilines is 2. The Morgan fingerprint density at radius 3 is 2.42 bits per heavy atom. The highest BCUT2D eigenvalue weighted by Gasteiger charge is 2.22. The molecule has 0 saturated heterocycles. The summed E-state index contributed by atoms with van der Waals surface area (Å²) >= 11 is 0. The third-order valence-corrected chi connectivity index (χ3v) is 5.34. The van der Waals surface area contributed by atoms with Gasteiger partial charge in [-0.25, -0.2) is 12.8 Å². The molecule has 0 aromatic heterocycles. The second-order valence-corrected chi connectivity index (χ2v) is 8.29. The summed E-state index contributed by atoms with van der Waals surface area (Å²) in [6.07, 6.45) is 0. The second kappa shape index (κ2) is 8.31. The minimum absolute atomic E-state index is 0.128. The molecule has 0 radical (unpaired) electrons. The number of benzene rings is 2. The van der Waals surface area contributed by atoms with E-state index in [2.05, 4.69) is 10.0 Å². The van der Waals surface area contributed by atoms with E-state index >= 15 is 0 Å². The summed E-state index contributed by atoms with van der Waals surface area (Å²) < 4.78 is 40.0. The Morgan fingerprint density at radius 2 is 1.77 bits per heavy atom. The fourth-order valence-electron chi connectivity index (χ4n) is 2.55. The first-order valence-corrected chi connectivity index (χ1v) is 9.99. The van der Waals surface area contributed by atoms with Gasteiger partial charge in [-0.05, 0) is 35.7 Å². The molecule has 1 amide bonds. The third kappa shape index (κ3) is 5.56. The van der Waals surface area contributed by atoms with Crippen LogP contribution in [-0.2, 0) is 14.8 Å². The van der Waals surface area contributed by atoms with E-state index in [1.165, 1.54) is 25.1 Å². The van der Waals surface area contributed by atoms with Crippen LogP contribution in [0.3, 0.4) is 0 Å². The van der Waals surface area contributed by atoms with Crippen LogP contribution >= 0.6 is 0 Å². The molecule has 1 atom stereocenters. The summed E-state index contributed by atoms with van der Waals surface area (Å²) in [7, 11) is -3.79. The van der Waals surface area contributed by atoms with Crippen LogP contribution < -0.4 is 10.0 Å². The molecule has 0 saturated carbocycles. The van der Waals surface area contributed by atoms with Gasteiger partial charge < -0.3 is 5.32 Å². The van der Waals surface area contributed by atoms with Gasteiger partial charge in [0.1, 0.15) is 5.82 Å². The van der Waals surface area contributed by atoms with E-state index in [1.807, 2.05) is 32.0 Å². The van der Waals surface area contributed by atoms with Crippen molar-refractivity contribution in [3.63, 3.8) is 0 Å². The number of amides is 1. The lowest BCUT2D eigenvalue weighted by Crippen LogP contribution is -2.30. The molecule has 26 heavy (non-hydrogen) atoms. The van der Waals surface area contributed by atoms with Crippen LogP contribution in [0.2, 0.25) is 0 Å². The van der Waals surface area contributed by atoms with Crippen LogP contribution in [0.15, 0.2) is 48.5 Å². The Labute approximate surface area is 153 Å². The highest BCUT2D eigenvalue weighted by molar-refractivity contribution is 7.92. The van der Waals surface area contributed by atoms with Crippen LogP contribution in [0.5, 0.6) is 0 Å². The van der Waals surface area contributed by atoms with Crippen LogP contribution in [0, 0.1) is 11.7 Å². The van der Waals surface area contributed by atoms with Crippen molar-refractivity contribution >= 4 is 27.3 Å². The zero-order chi connectivity index (χ0) is 19.3. The number of sulfonamides is 1. The Kier molecular flexibility index (Phi) is 6.37. The van der Waals surface area contributed by atoms with Crippen molar-refractivity contribution < 1.29 is 17.6 Å². The number of halogens is 1. The van der Waals surface area contributed by atoms with E-state index in [0.717, 1.165) is 11.6 Å². The largest absolute Gasteiger partial charge is 0.326 e. The number of nitrogens with one attached hydrogen (secondary N) is 2. The molecule has 0 aliphatic carbocycles. The molecule has 2 aromatic carbocycles. The predicted molar refractivity (Wildman–Crippen MR) is 102 cm³/mol. The highest BCUT2D eigenvalue weighted by atomic mass is 32.2. The molecule has 2 aromatic rings. The number of carbonyl (C=O) groups is 1. The van der Waals surface area contributed by atoms with Crippen molar-refractivity contribution in [1.82, 2.24) is 0 Å². The minimum Gasteiger partial charge on any atom is -0.326 e. The molecule has 0 fully saturated rings. The summed E-state index contributed by atoms with van der Waals surface area (Å²) in [6.45, 7) is 5.57. The number of para-hydroxylation sites is 1. The van der Waals surface area contributed by atoms with Crippen LogP contribution in [0.25, 0.3) is 0 Å². The Balaban J connectivity index is 2.04. The van der Waals surface area contributed by atoms with Crippen molar-refractivity contribution in [1.29, 1.82) is 0 Å². The standard InChI is InChI=1S/C19H23FN2O3S/c1-13(2)17-9-4-5-10-18(17)21-19(23)14(3)12-26(24,25)22-16-8-6-7-15(20)11-16/h4-11,13-14,22H,12H2,1-3H3,(H,21,23). The van der Waals surface area contributed by atoms with Crippen LogP contribution in [0.4, 0.5) is 15.8 Å². The van der Waals surface area contributed by atoms with Gasteiger partial charge in [-0.1, -0.05) is 45.0 Å². The average Bonchev–Trinajstić information content (AvgIpc) is 2.54. The molecule has 0 spiro atoms. The summed E-state index contributed by atoms with van der Waals surface area (Å²) in [6, 6.07) is 12.6. The lowest BCUT2D eigenvalue weighted by Gasteiger charge is -2.17.